The topological polar surface area (TPSA) is 30.5 Å². The van der Waals surface area contributed by atoms with Crippen molar-refractivity contribution < 1.29 is 9.47 Å². The third-order valence-corrected chi connectivity index (χ3v) is 4.05. The maximum atomic E-state index is 6.19. The van der Waals surface area contributed by atoms with Crippen molar-refractivity contribution in [3.8, 4) is 0 Å². The average molecular weight is 257 g/mol. The summed E-state index contributed by atoms with van der Waals surface area (Å²) in [6, 6.07) is 0.518. The van der Waals surface area contributed by atoms with Crippen molar-refractivity contribution >= 4 is 0 Å². The monoisotopic (exact) mass is 257 g/mol. The first-order valence-corrected chi connectivity index (χ1v) is 7.46. The summed E-state index contributed by atoms with van der Waals surface area (Å²) in [5.74, 6) is 1.57. The predicted molar refractivity (Wildman–Crippen MR) is 75.9 cm³/mol. The number of rotatable bonds is 7. The quantitative estimate of drug-likeness (QED) is 0.761. The number of nitrogens with one attached hydrogen (secondary N) is 1. The summed E-state index contributed by atoms with van der Waals surface area (Å²) in [6.07, 6.45) is 4.28. The van der Waals surface area contributed by atoms with Gasteiger partial charge in [-0.15, -0.1) is 0 Å². The Hall–Kier alpha value is -0.120. The second-order valence-corrected chi connectivity index (χ2v) is 5.92. The number of likely N-dealkylation sites (N-methyl/N-ethyl adjacent to an activating group) is 1. The van der Waals surface area contributed by atoms with Crippen molar-refractivity contribution in [2.24, 2.45) is 11.8 Å². The Kier molecular flexibility index (Phi) is 7.20. The first-order valence-electron chi connectivity index (χ1n) is 7.46. The zero-order chi connectivity index (χ0) is 13.5. The average Bonchev–Trinajstić information content (AvgIpc) is 2.31. The molecule has 1 aliphatic carbocycles. The Bertz CT molecular complexity index is 221. The molecular weight excluding hydrogens is 226 g/mol. The third kappa shape index (κ3) is 4.87. The molecule has 0 aromatic heterocycles. The molecule has 0 spiro atoms. The van der Waals surface area contributed by atoms with Gasteiger partial charge in [0.05, 0.1) is 18.8 Å². The second kappa shape index (κ2) is 8.13. The molecule has 4 atom stereocenters. The third-order valence-electron chi connectivity index (χ3n) is 4.05. The molecule has 0 amide bonds. The zero-order valence-electron chi connectivity index (χ0n) is 12.7. The first-order chi connectivity index (χ1) is 8.58. The summed E-state index contributed by atoms with van der Waals surface area (Å²) >= 11 is 0. The standard InChI is InChI=1S/C15H31NO2/c1-6-16-14-8-7-13(11(2)3)9-15(14)18-12(4)10-17-5/h11-16H,6-10H2,1-5H3. The van der Waals surface area contributed by atoms with Crippen molar-refractivity contribution in [3.63, 3.8) is 0 Å². The number of hydrogen-bond donors (Lipinski definition) is 1. The molecule has 1 aliphatic rings. The van der Waals surface area contributed by atoms with Gasteiger partial charge in [0.2, 0.25) is 0 Å². The fourth-order valence-electron chi connectivity index (χ4n) is 2.98. The smallest absolute Gasteiger partial charge is 0.0784 e. The molecule has 4 unspecified atom stereocenters. The lowest BCUT2D eigenvalue weighted by atomic mass is 9.78. The molecule has 3 nitrogen and oxygen atoms in total. The van der Waals surface area contributed by atoms with E-state index in [9.17, 15) is 0 Å². The summed E-state index contributed by atoms with van der Waals surface area (Å²) in [6.45, 7) is 10.6. The maximum absolute atomic E-state index is 6.19. The molecule has 0 aromatic rings. The Balaban J connectivity index is 2.54. The van der Waals surface area contributed by atoms with Crippen LogP contribution in [0, 0.1) is 11.8 Å². The SMILES string of the molecule is CCNC1CCC(C(C)C)CC1OC(C)COC. The van der Waals surface area contributed by atoms with E-state index in [1.807, 2.05) is 0 Å². The largest absolute Gasteiger partial charge is 0.382 e. The van der Waals surface area contributed by atoms with Crippen LogP contribution >= 0.6 is 0 Å². The van der Waals surface area contributed by atoms with Crippen LogP contribution in [0.2, 0.25) is 0 Å². The van der Waals surface area contributed by atoms with Gasteiger partial charge in [-0.05, 0) is 44.6 Å². The van der Waals surface area contributed by atoms with Gasteiger partial charge in [-0.3, -0.25) is 0 Å². The fraction of sp³-hybridized carbons (Fsp3) is 1.00. The van der Waals surface area contributed by atoms with Crippen LogP contribution in [-0.4, -0.2) is 38.5 Å². The van der Waals surface area contributed by atoms with Gasteiger partial charge >= 0.3 is 0 Å². The van der Waals surface area contributed by atoms with Crippen LogP contribution in [0.3, 0.4) is 0 Å². The number of hydrogen-bond acceptors (Lipinski definition) is 3. The van der Waals surface area contributed by atoms with Gasteiger partial charge in [0.1, 0.15) is 0 Å². The molecule has 0 aliphatic heterocycles. The van der Waals surface area contributed by atoms with E-state index in [1.54, 1.807) is 7.11 Å². The van der Waals surface area contributed by atoms with Gasteiger partial charge in [-0.2, -0.15) is 0 Å². The molecule has 1 saturated carbocycles. The molecule has 0 bridgehead atoms. The van der Waals surface area contributed by atoms with E-state index < -0.39 is 0 Å². The Morgan fingerprint density at radius 1 is 1.22 bits per heavy atom. The molecule has 0 aromatic carbocycles. The van der Waals surface area contributed by atoms with Gasteiger partial charge in [0.25, 0.3) is 0 Å². The van der Waals surface area contributed by atoms with Crippen LogP contribution in [0.4, 0.5) is 0 Å². The fourth-order valence-corrected chi connectivity index (χ4v) is 2.98. The first kappa shape index (κ1) is 15.9. The summed E-state index contributed by atoms with van der Waals surface area (Å²) in [5, 5.41) is 3.58. The minimum absolute atomic E-state index is 0.187. The molecular formula is C15H31NO2. The van der Waals surface area contributed by atoms with Crippen LogP contribution < -0.4 is 5.32 Å². The van der Waals surface area contributed by atoms with Gasteiger partial charge in [-0.1, -0.05) is 20.8 Å². The summed E-state index contributed by atoms with van der Waals surface area (Å²) in [7, 11) is 1.74. The van der Waals surface area contributed by atoms with E-state index in [0.717, 1.165) is 18.4 Å². The van der Waals surface area contributed by atoms with Crippen molar-refractivity contribution in [1.29, 1.82) is 0 Å². The van der Waals surface area contributed by atoms with E-state index in [2.05, 4.69) is 33.0 Å². The second-order valence-electron chi connectivity index (χ2n) is 5.92. The maximum Gasteiger partial charge on any atom is 0.0784 e. The van der Waals surface area contributed by atoms with E-state index in [0.29, 0.717) is 18.8 Å². The Morgan fingerprint density at radius 2 is 1.94 bits per heavy atom. The highest BCUT2D eigenvalue weighted by Gasteiger charge is 2.32. The molecule has 18 heavy (non-hydrogen) atoms. The normalized spacial score (nSPS) is 30.7. The van der Waals surface area contributed by atoms with Crippen LogP contribution in [0.25, 0.3) is 0 Å². The molecule has 3 heteroatoms. The molecule has 0 radical (unpaired) electrons. The molecule has 1 fully saturated rings. The van der Waals surface area contributed by atoms with Crippen molar-refractivity contribution in [2.75, 3.05) is 20.3 Å². The molecule has 108 valence electrons. The van der Waals surface area contributed by atoms with Crippen molar-refractivity contribution in [1.82, 2.24) is 5.32 Å². The van der Waals surface area contributed by atoms with E-state index in [1.165, 1.54) is 19.3 Å². The van der Waals surface area contributed by atoms with Crippen molar-refractivity contribution in [2.45, 2.75) is 65.2 Å². The summed E-state index contributed by atoms with van der Waals surface area (Å²) in [5.41, 5.74) is 0. The van der Waals surface area contributed by atoms with Gasteiger partial charge in [0.15, 0.2) is 0 Å². The van der Waals surface area contributed by atoms with E-state index in [-0.39, 0.29) is 6.10 Å². The highest BCUT2D eigenvalue weighted by Crippen LogP contribution is 2.32. The zero-order valence-corrected chi connectivity index (χ0v) is 12.7. The predicted octanol–water partition coefficient (Wildman–Crippen LogP) is 2.84. The molecule has 0 saturated heterocycles. The lowest BCUT2D eigenvalue weighted by molar-refractivity contribution is -0.0770. The highest BCUT2D eigenvalue weighted by molar-refractivity contribution is 4.87. The Morgan fingerprint density at radius 3 is 2.50 bits per heavy atom. The van der Waals surface area contributed by atoms with E-state index in [4.69, 9.17) is 9.47 Å². The molecule has 0 heterocycles. The van der Waals surface area contributed by atoms with Gasteiger partial charge in [0, 0.05) is 13.2 Å². The highest BCUT2D eigenvalue weighted by atomic mass is 16.5. The minimum atomic E-state index is 0.187. The number of ether oxygens (including phenoxy) is 2. The minimum Gasteiger partial charge on any atom is -0.382 e. The lowest BCUT2D eigenvalue weighted by Gasteiger charge is -2.39. The lowest BCUT2D eigenvalue weighted by Crippen LogP contribution is -2.47. The van der Waals surface area contributed by atoms with Crippen molar-refractivity contribution in [3.05, 3.63) is 0 Å². The van der Waals surface area contributed by atoms with Crippen LogP contribution in [0.5, 0.6) is 0 Å². The van der Waals surface area contributed by atoms with Gasteiger partial charge < -0.3 is 14.8 Å². The van der Waals surface area contributed by atoms with Crippen LogP contribution in [0.1, 0.15) is 47.0 Å². The number of methoxy groups -OCH3 is 1. The van der Waals surface area contributed by atoms with Gasteiger partial charge in [-0.25, -0.2) is 0 Å². The van der Waals surface area contributed by atoms with Crippen LogP contribution in [-0.2, 0) is 9.47 Å². The molecule has 1 rings (SSSR count). The van der Waals surface area contributed by atoms with Crippen LogP contribution in [0.15, 0.2) is 0 Å². The molecule has 1 N–H and O–H groups in total. The summed E-state index contributed by atoms with van der Waals surface area (Å²) in [4.78, 5) is 0. The summed E-state index contributed by atoms with van der Waals surface area (Å²) < 4.78 is 11.4. The Labute approximate surface area is 113 Å². The van der Waals surface area contributed by atoms with E-state index >= 15 is 0 Å².